The molecule has 1 rings (SSSR count). The lowest BCUT2D eigenvalue weighted by Crippen LogP contribution is -2.64. The lowest BCUT2D eigenvalue weighted by Gasteiger charge is -2.41. The molecule has 0 aliphatic heterocycles. The molecule has 1 aliphatic carbocycles. The molecule has 0 amide bonds. The summed E-state index contributed by atoms with van der Waals surface area (Å²) in [5.41, 5.74) is 0. The molecule has 1 saturated carbocycles. The van der Waals surface area contributed by atoms with Crippen LogP contribution in [0.5, 0.6) is 0 Å². The molecule has 0 radical (unpaired) electrons. The molecule has 1 aliphatic rings. The van der Waals surface area contributed by atoms with Crippen molar-refractivity contribution >= 4 is 13.8 Å². The maximum Gasteiger partial charge on any atom is 0.472 e. The summed E-state index contributed by atoms with van der Waals surface area (Å²) in [5, 5.41) is 50.2. The number of unbranched alkanes of at least 4 members (excludes halogenated alkanes) is 14. The van der Waals surface area contributed by atoms with Crippen LogP contribution in [-0.4, -0.2) is 98.9 Å². The van der Waals surface area contributed by atoms with Gasteiger partial charge in [0.15, 0.2) is 0 Å². The Morgan fingerprint density at radius 2 is 0.922 bits per heavy atom. The van der Waals surface area contributed by atoms with Gasteiger partial charge in [-0.15, -0.1) is 0 Å². The molecule has 6 atom stereocenters. The van der Waals surface area contributed by atoms with E-state index in [2.05, 4.69) is 98.9 Å². The zero-order valence-electron chi connectivity index (χ0n) is 39.3. The highest BCUT2D eigenvalue weighted by Gasteiger charge is 2.51. The van der Waals surface area contributed by atoms with Crippen molar-refractivity contribution in [3.63, 3.8) is 0 Å². The van der Waals surface area contributed by atoms with Crippen LogP contribution >= 0.6 is 7.82 Å². The molecule has 0 bridgehead atoms. The Kier molecular flexibility index (Phi) is 37.9. The molecular formula is C51H87O12P. The van der Waals surface area contributed by atoms with Crippen LogP contribution in [0.25, 0.3) is 0 Å². The van der Waals surface area contributed by atoms with Gasteiger partial charge in [0.2, 0.25) is 0 Å². The summed E-state index contributed by atoms with van der Waals surface area (Å²) in [5.74, 6) is -0.524. The highest BCUT2D eigenvalue weighted by molar-refractivity contribution is 7.47. The molecule has 0 saturated heterocycles. The van der Waals surface area contributed by atoms with Crippen LogP contribution < -0.4 is 0 Å². The fraction of sp³-hybridized carbons (Fsp3) is 0.706. The topological polar surface area (TPSA) is 192 Å². The van der Waals surface area contributed by atoms with E-state index in [1.807, 2.05) is 0 Å². The number of allylic oxidation sites excluding steroid dienone is 14. The molecule has 0 aromatic heterocycles. The quantitative estimate of drug-likeness (QED) is 0.0148. The van der Waals surface area contributed by atoms with Crippen LogP contribution in [0.15, 0.2) is 85.1 Å². The van der Waals surface area contributed by atoms with E-state index in [0.29, 0.717) is 13.0 Å². The Balaban J connectivity index is 2.43. The first-order valence-electron chi connectivity index (χ1n) is 24.4. The Bertz CT molecular complexity index is 1380. The van der Waals surface area contributed by atoms with E-state index in [1.54, 1.807) is 0 Å². The third-order valence-corrected chi connectivity index (χ3v) is 11.7. The van der Waals surface area contributed by atoms with Crippen LogP contribution in [0.2, 0.25) is 0 Å². The minimum atomic E-state index is -5.04. The number of phosphoric acid groups is 1. The van der Waals surface area contributed by atoms with Gasteiger partial charge in [0.1, 0.15) is 42.7 Å². The van der Waals surface area contributed by atoms with Gasteiger partial charge in [0, 0.05) is 13.0 Å². The molecule has 0 aromatic carbocycles. The summed E-state index contributed by atoms with van der Waals surface area (Å²) in [6.07, 6.45) is 42.2. The van der Waals surface area contributed by atoms with Gasteiger partial charge in [-0.05, 0) is 89.9 Å². The Labute approximate surface area is 386 Å². The van der Waals surface area contributed by atoms with Crippen molar-refractivity contribution < 1.29 is 58.3 Å². The number of phosphoric ester groups is 1. The van der Waals surface area contributed by atoms with Crippen LogP contribution in [0, 0.1) is 0 Å². The molecule has 6 unspecified atom stereocenters. The van der Waals surface area contributed by atoms with Crippen molar-refractivity contribution in [2.45, 2.75) is 211 Å². The largest absolute Gasteiger partial charge is 0.472 e. The van der Waals surface area contributed by atoms with Crippen LogP contribution in [0.1, 0.15) is 168 Å². The first kappa shape index (κ1) is 59.5. The average Bonchev–Trinajstić information content (AvgIpc) is 3.28. The molecule has 12 nitrogen and oxygen atoms in total. The lowest BCUT2D eigenvalue weighted by molar-refractivity contribution is -0.220. The molecule has 6 N–H and O–H groups in total. The second-order valence-corrected chi connectivity index (χ2v) is 18.0. The predicted octanol–water partition coefficient (Wildman–Crippen LogP) is 10.5. The summed E-state index contributed by atoms with van der Waals surface area (Å²) < 4.78 is 34.2. The number of hydrogen-bond acceptors (Lipinski definition) is 11. The first-order chi connectivity index (χ1) is 31.0. The number of esters is 1. The van der Waals surface area contributed by atoms with E-state index in [1.165, 1.54) is 57.8 Å². The highest BCUT2D eigenvalue weighted by atomic mass is 31.2. The van der Waals surface area contributed by atoms with Crippen molar-refractivity contribution in [3.8, 4) is 0 Å². The summed E-state index contributed by atoms with van der Waals surface area (Å²) >= 11 is 0. The monoisotopic (exact) mass is 923 g/mol. The second-order valence-electron chi connectivity index (χ2n) is 16.6. The maximum atomic E-state index is 12.8. The van der Waals surface area contributed by atoms with Crippen LogP contribution in [0.3, 0.4) is 0 Å². The van der Waals surface area contributed by atoms with Crippen LogP contribution in [-0.2, 0) is 27.9 Å². The number of rotatable bonds is 40. The minimum absolute atomic E-state index is 0.104. The van der Waals surface area contributed by atoms with Gasteiger partial charge in [-0.2, -0.15) is 0 Å². The van der Waals surface area contributed by atoms with E-state index in [4.69, 9.17) is 18.5 Å². The minimum Gasteiger partial charge on any atom is -0.457 e. The predicted molar refractivity (Wildman–Crippen MR) is 258 cm³/mol. The Morgan fingerprint density at radius 1 is 0.516 bits per heavy atom. The second kappa shape index (κ2) is 40.8. The summed E-state index contributed by atoms with van der Waals surface area (Å²) in [6.45, 7) is 4.07. The van der Waals surface area contributed by atoms with Crippen LogP contribution in [0.4, 0.5) is 0 Å². The third-order valence-electron chi connectivity index (χ3n) is 10.8. The van der Waals surface area contributed by atoms with Crippen molar-refractivity contribution in [2.75, 3.05) is 19.8 Å². The molecule has 368 valence electrons. The smallest absolute Gasteiger partial charge is 0.457 e. The van der Waals surface area contributed by atoms with E-state index in [-0.39, 0.29) is 13.0 Å². The first-order valence-corrected chi connectivity index (χ1v) is 25.9. The fourth-order valence-electron chi connectivity index (χ4n) is 6.88. The molecule has 64 heavy (non-hydrogen) atoms. The number of aliphatic hydroxyl groups excluding tert-OH is 5. The number of aliphatic hydroxyl groups is 5. The van der Waals surface area contributed by atoms with E-state index in [9.17, 15) is 39.8 Å². The van der Waals surface area contributed by atoms with Gasteiger partial charge in [0.25, 0.3) is 0 Å². The fourth-order valence-corrected chi connectivity index (χ4v) is 7.85. The van der Waals surface area contributed by atoms with Gasteiger partial charge >= 0.3 is 13.8 Å². The molecule has 0 spiro atoms. The van der Waals surface area contributed by atoms with Crippen molar-refractivity contribution in [1.29, 1.82) is 0 Å². The Hall–Kier alpha value is -2.48. The molecule has 0 aromatic rings. The van der Waals surface area contributed by atoms with Gasteiger partial charge in [-0.1, -0.05) is 157 Å². The molecule has 13 heteroatoms. The standard InChI is InChI=1S/C51H87O12P/c1-3-5-7-9-11-13-15-17-19-21-22-23-24-25-26-28-30-32-34-36-38-40-45(52)62-44(43-61-64(58,59)63-51-49(56)47(54)46(53)48(55)50(51)57)42-60-41-39-37-35-33-31-29-27-20-18-16-14-12-10-8-6-4-2/h5,7,11,13,17-20,22-23,25-26,30,32,44,46-51,53-57H,3-4,6,8-10,12,14-16,21,24,27-29,31,33-43H2,1-2H3,(H,58,59)/b7-5-,13-11-,19-17-,20-18-,23-22-,26-25-,32-30-. The number of hydrogen-bond donors (Lipinski definition) is 6. The molecule has 0 heterocycles. The third kappa shape index (κ3) is 32.2. The van der Waals surface area contributed by atoms with E-state index < -0.39 is 63.1 Å². The summed E-state index contributed by atoms with van der Waals surface area (Å²) in [7, 11) is -5.04. The normalized spacial score (nSPS) is 22.4. The average molecular weight is 923 g/mol. The van der Waals surface area contributed by atoms with E-state index in [0.717, 1.165) is 83.5 Å². The zero-order chi connectivity index (χ0) is 46.9. The number of carbonyl (C=O) groups excluding carboxylic acids is 1. The SMILES string of the molecule is CC/C=C\C/C=C\C/C=C\C/C=C\C/C=C\C/C=C\CCCCC(=O)OC(COCCCCCCCC/C=C\CCCCCCCC)COP(=O)(O)OC1C(O)C(O)C(O)C(O)C1O. The van der Waals surface area contributed by atoms with Crippen molar-refractivity contribution in [1.82, 2.24) is 0 Å². The van der Waals surface area contributed by atoms with Gasteiger partial charge in [-0.25, -0.2) is 4.57 Å². The van der Waals surface area contributed by atoms with Gasteiger partial charge < -0.3 is 39.9 Å². The van der Waals surface area contributed by atoms with Crippen molar-refractivity contribution in [3.05, 3.63) is 85.1 Å². The van der Waals surface area contributed by atoms with Gasteiger partial charge in [0.05, 0.1) is 13.2 Å². The summed E-state index contributed by atoms with van der Waals surface area (Å²) in [6, 6.07) is 0. The van der Waals surface area contributed by atoms with E-state index >= 15 is 0 Å². The molecular weight excluding hydrogens is 836 g/mol. The molecule has 1 fully saturated rings. The number of carbonyl (C=O) groups is 1. The Morgan fingerprint density at radius 3 is 1.42 bits per heavy atom. The zero-order valence-corrected chi connectivity index (χ0v) is 40.2. The highest BCUT2D eigenvalue weighted by Crippen LogP contribution is 2.47. The number of ether oxygens (including phenoxy) is 2. The van der Waals surface area contributed by atoms with Gasteiger partial charge in [-0.3, -0.25) is 13.8 Å². The lowest BCUT2D eigenvalue weighted by atomic mass is 9.85. The summed E-state index contributed by atoms with van der Waals surface area (Å²) in [4.78, 5) is 23.2. The maximum absolute atomic E-state index is 12.8. The van der Waals surface area contributed by atoms with Crippen molar-refractivity contribution in [2.24, 2.45) is 0 Å².